The Morgan fingerprint density at radius 1 is 1.19 bits per heavy atom. The number of hydrogen-bond donors (Lipinski definition) is 0. The Labute approximate surface area is 133 Å². The van der Waals surface area contributed by atoms with Crippen LogP contribution in [0.1, 0.15) is 19.4 Å². The Hall–Kier alpha value is -0.940. The van der Waals surface area contributed by atoms with Crippen molar-refractivity contribution in [2.75, 3.05) is 13.2 Å². The SMILES string of the molecule is CC1(C)OC[C@H](COCc2ccc(Br)c3ccccc23)O1. The number of hydrogen-bond acceptors (Lipinski definition) is 3. The molecule has 1 heterocycles. The first kappa shape index (κ1) is 15.0. The molecule has 2 aromatic carbocycles. The molecule has 1 aliphatic heterocycles. The predicted molar refractivity (Wildman–Crippen MR) is 86.2 cm³/mol. The van der Waals surface area contributed by atoms with Gasteiger partial charge < -0.3 is 14.2 Å². The topological polar surface area (TPSA) is 27.7 Å². The summed E-state index contributed by atoms with van der Waals surface area (Å²) >= 11 is 3.59. The van der Waals surface area contributed by atoms with E-state index in [4.69, 9.17) is 14.2 Å². The summed E-state index contributed by atoms with van der Waals surface area (Å²) in [5.74, 6) is -0.488. The second-order valence-electron chi connectivity index (χ2n) is 5.72. The number of ether oxygens (including phenoxy) is 3. The molecule has 1 aliphatic rings. The number of benzene rings is 2. The Bertz CT molecular complexity index is 639. The molecule has 0 unspecified atom stereocenters. The quantitative estimate of drug-likeness (QED) is 0.823. The predicted octanol–water partition coefficient (Wildman–Crippen LogP) is 4.27. The van der Waals surface area contributed by atoms with Crippen LogP contribution in [0.15, 0.2) is 40.9 Å². The van der Waals surface area contributed by atoms with Gasteiger partial charge in [0.05, 0.1) is 19.8 Å². The summed E-state index contributed by atoms with van der Waals surface area (Å²) in [7, 11) is 0. The van der Waals surface area contributed by atoms with Crippen molar-refractivity contribution in [3.63, 3.8) is 0 Å². The average molecular weight is 351 g/mol. The number of halogens is 1. The molecule has 21 heavy (non-hydrogen) atoms. The van der Waals surface area contributed by atoms with E-state index in [1.54, 1.807) is 0 Å². The van der Waals surface area contributed by atoms with Crippen LogP contribution >= 0.6 is 15.9 Å². The molecule has 0 aliphatic carbocycles. The third kappa shape index (κ3) is 3.46. The molecule has 3 rings (SSSR count). The Kier molecular flexibility index (Phi) is 4.31. The second kappa shape index (κ2) is 6.05. The summed E-state index contributed by atoms with van der Waals surface area (Å²) in [4.78, 5) is 0. The van der Waals surface area contributed by atoms with Gasteiger partial charge in [0.2, 0.25) is 0 Å². The molecule has 0 bridgehead atoms. The summed E-state index contributed by atoms with van der Waals surface area (Å²) in [6, 6.07) is 12.5. The van der Waals surface area contributed by atoms with E-state index in [0.717, 1.165) is 4.47 Å². The number of fused-ring (bicyclic) bond motifs is 1. The molecule has 0 N–H and O–H groups in total. The maximum absolute atomic E-state index is 5.82. The van der Waals surface area contributed by atoms with E-state index < -0.39 is 5.79 Å². The molecule has 112 valence electrons. The lowest BCUT2D eigenvalue weighted by Crippen LogP contribution is -2.24. The summed E-state index contributed by atoms with van der Waals surface area (Å²) in [5, 5.41) is 2.43. The largest absolute Gasteiger partial charge is 0.374 e. The highest BCUT2D eigenvalue weighted by Crippen LogP contribution is 2.27. The molecule has 3 nitrogen and oxygen atoms in total. The van der Waals surface area contributed by atoms with Gasteiger partial charge in [0.15, 0.2) is 5.79 Å². The van der Waals surface area contributed by atoms with E-state index >= 15 is 0 Å². The van der Waals surface area contributed by atoms with E-state index in [-0.39, 0.29) is 6.10 Å². The third-order valence-corrected chi connectivity index (χ3v) is 4.28. The van der Waals surface area contributed by atoms with Gasteiger partial charge in [-0.05, 0) is 36.2 Å². The molecule has 0 aromatic heterocycles. The van der Waals surface area contributed by atoms with Crippen LogP contribution in [0.25, 0.3) is 10.8 Å². The van der Waals surface area contributed by atoms with Crippen molar-refractivity contribution in [3.05, 3.63) is 46.4 Å². The second-order valence-corrected chi connectivity index (χ2v) is 6.57. The highest BCUT2D eigenvalue weighted by molar-refractivity contribution is 9.10. The zero-order valence-corrected chi connectivity index (χ0v) is 13.9. The first-order chi connectivity index (χ1) is 10.1. The van der Waals surface area contributed by atoms with Gasteiger partial charge in [0.25, 0.3) is 0 Å². The van der Waals surface area contributed by atoms with E-state index in [2.05, 4.69) is 46.3 Å². The van der Waals surface area contributed by atoms with Crippen LogP contribution in [-0.2, 0) is 20.8 Å². The van der Waals surface area contributed by atoms with Gasteiger partial charge in [-0.2, -0.15) is 0 Å². The standard InChI is InChI=1S/C17H19BrO3/c1-17(2)20-11-13(21-17)10-19-9-12-7-8-16(18)15-6-4-3-5-14(12)15/h3-8,13H,9-11H2,1-2H3/t13-/m0/s1. The minimum Gasteiger partial charge on any atom is -0.374 e. The van der Waals surface area contributed by atoms with E-state index in [1.165, 1.54) is 16.3 Å². The van der Waals surface area contributed by atoms with Crippen LogP contribution in [0.4, 0.5) is 0 Å². The summed E-state index contributed by atoms with van der Waals surface area (Å²) in [5.41, 5.74) is 1.19. The molecule has 0 radical (unpaired) electrons. The number of rotatable bonds is 4. The Morgan fingerprint density at radius 2 is 1.95 bits per heavy atom. The lowest BCUT2D eigenvalue weighted by Gasteiger charge is -2.17. The van der Waals surface area contributed by atoms with E-state index in [0.29, 0.717) is 19.8 Å². The van der Waals surface area contributed by atoms with Crippen molar-refractivity contribution in [2.24, 2.45) is 0 Å². The maximum atomic E-state index is 5.82. The molecule has 0 saturated carbocycles. The van der Waals surface area contributed by atoms with Gasteiger partial charge in [0.1, 0.15) is 6.10 Å². The lowest BCUT2D eigenvalue weighted by atomic mass is 10.1. The third-order valence-electron chi connectivity index (χ3n) is 3.59. The molecule has 0 spiro atoms. The first-order valence-electron chi connectivity index (χ1n) is 7.11. The van der Waals surface area contributed by atoms with Gasteiger partial charge in [-0.3, -0.25) is 0 Å². The van der Waals surface area contributed by atoms with Crippen molar-refractivity contribution in [1.82, 2.24) is 0 Å². The van der Waals surface area contributed by atoms with Crippen molar-refractivity contribution in [2.45, 2.75) is 32.3 Å². The van der Waals surface area contributed by atoms with Gasteiger partial charge in [0, 0.05) is 4.47 Å². The lowest BCUT2D eigenvalue weighted by molar-refractivity contribution is -0.145. The smallest absolute Gasteiger partial charge is 0.163 e. The molecular formula is C17H19BrO3. The summed E-state index contributed by atoms with van der Waals surface area (Å²) < 4.78 is 18.2. The van der Waals surface area contributed by atoms with Crippen LogP contribution in [0.2, 0.25) is 0 Å². The average Bonchev–Trinajstić information content (AvgIpc) is 2.81. The van der Waals surface area contributed by atoms with E-state index in [9.17, 15) is 0 Å². The fraction of sp³-hybridized carbons (Fsp3) is 0.412. The van der Waals surface area contributed by atoms with Crippen molar-refractivity contribution >= 4 is 26.7 Å². The molecule has 2 aromatic rings. The Morgan fingerprint density at radius 3 is 2.67 bits per heavy atom. The zero-order valence-electron chi connectivity index (χ0n) is 12.3. The van der Waals surface area contributed by atoms with Crippen molar-refractivity contribution < 1.29 is 14.2 Å². The monoisotopic (exact) mass is 350 g/mol. The van der Waals surface area contributed by atoms with Crippen LogP contribution in [-0.4, -0.2) is 25.1 Å². The van der Waals surface area contributed by atoms with Gasteiger partial charge in [-0.1, -0.05) is 46.3 Å². The highest BCUT2D eigenvalue weighted by atomic mass is 79.9. The normalized spacial score (nSPS) is 21.0. The van der Waals surface area contributed by atoms with Gasteiger partial charge >= 0.3 is 0 Å². The van der Waals surface area contributed by atoms with Crippen LogP contribution in [0.5, 0.6) is 0 Å². The van der Waals surface area contributed by atoms with Crippen molar-refractivity contribution in [3.8, 4) is 0 Å². The van der Waals surface area contributed by atoms with Crippen LogP contribution < -0.4 is 0 Å². The summed E-state index contributed by atoms with van der Waals surface area (Å²) in [6.07, 6.45) is 0.0155. The van der Waals surface area contributed by atoms with Crippen molar-refractivity contribution in [1.29, 1.82) is 0 Å². The molecule has 1 atom stereocenters. The molecule has 4 heteroatoms. The molecule has 1 fully saturated rings. The minimum atomic E-state index is -0.488. The summed E-state index contributed by atoms with van der Waals surface area (Å²) in [6.45, 7) is 5.57. The minimum absolute atomic E-state index is 0.0155. The maximum Gasteiger partial charge on any atom is 0.163 e. The molecular weight excluding hydrogens is 332 g/mol. The van der Waals surface area contributed by atoms with Crippen LogP contribution in [0, 0.1) is 0 Å². The zero-order chi connectivity index (χ0) is 14.9. The Balaban J connectivity index is 1.65. The molecule has 0 amide bonds. The van der Waals surface area contributed by atoms with Gasteiger partial charge in [-0.15, -0.1) is 0 Å². The van der Waals surface area contributed by atoms with Gasteiger partial charge in [-0.25, -0.2) is 0 Å². The molecule has 1 saturated heterocycles. The van der Waals surface area contributed by atoms with E-state index in [1.807, 2.05) is 19.9 Å². The fourth-order valence-electron chi connectivity index (χ4n) is 2.60. The van der Waals surface area contributed by atoms with Crippen LogP contribution in [0.3, 0.4) is 0 Å². The fourth-order valence-corrected chi connectivity index (χ4v) is 3.07. The highest BCUT2D eigenvalue weighted by Gasteiger charge is 2.32. The first-order valence-corrected chi connectivity index (χ1v) is 7.90.